The summed E-state index contributed by atoms with van der Waals surface area (Å²) in [7, 11) is 0. The van der Waals surface area contributed by atoms with Crippen LogP contribution in [-0.4, -0.2) is 24.1 Å². The van der Waals surface area contributed by atoms with Gasteiger partial charge in [-0.25, -0.2) is 0 Å². The van der Waals surface area contributed by atoms with Crippen molar-refractivity contribution in [3.63, 3.8) is 0 Å². The molecule has 1 N–H and O–H groups in total. The molecular weight excluding hydrogens is 374 g/mol. The highest BCUT2D eigenvalue weighted by atomic mass is 16.2. The first-order chi connectivity index (χ1) is 14.6. The highest BCUT2D eigenvalue weighted by Crippen LogP contribution is 2.32. The summed E-state index contributed by atoms with van der Waals surface area (Å²) < 4.78 is 0. The summed E-state index contributed by atoms with van der Waals surface area (Å²) >= 11 is 0. The minimum Gasteiger partial charge on any atom is -0.325 e. The van der Waals surface area contributed by atoms with Gasteiger partial charge >= 0.3 is 0 Å². The number of amides is 2. The number of benzene rings is 3. The zero-order valence-electron chi connectivity index (χ0n) is 16.8. The van der Waals surface area contributed by atoms with Crippen molar-refractivity contribution in [1.29, 1.82) is 0 Å². The summed E-state index contributed by atoms with van der Waals surface area (Å²) in [5.41, 5.74) is 4.85. The van der Waals surface area contributed by atoms with Gasteiger partial charge in [0.2, 0.25) is 11.8 Å². The third kappa shape index (κ3) is 4.30. The number of aliphatic imine (C=N–C) groups is 1. The molecule has 0 radical (unpaired) electrons. The first-order valence-corrected chi connectivity index (χ1v) is 10.0. The van der Waals surface area contributed by atoms with E-state index in [1.807, 2.05) is 78.9 Å². The van der Waals surface area contributed by atoms with Crippen molar-refractivity contribution in [2.45, 2.75) is 19.8 Å². The molecule has 1 heterocycles. The van der Waals surface area contributed by atoms with E-state index in [1.54, 1.807) is 0 Å². The molecule has 0 unspecified atom stereocenters. The molecule has 0 aliphatic carbocycles. The topological polar surface area (TPSA) is 61.8 Å². The lowest BCUT2D eigenvalue weighted by Gasteiger charge is -2.22. The molecule has 30 heavy (non-hydrogen) atoms. The molecule has 0 saturated heterocycles. The maximum atomic E-state index is 13.1. The molecule has 3 aromatic carbocycles. The van der Waals surface area contributed by atoms with Gasteiger partial charge in [0.15, 0.2) is 0 Å². The van der Waals surface area contributed by atoms with Gasteiger partial charge in [-0.15, -0.1) is 0 Å². The number of carbonyl (C=O) groups excluding carboxylic acids is 2. The summed E-state index contributed by atoms with van der Waals surface area (Å²) in [5.74, 6) is -0.399. The van der Waals surface area contributed by atoms with Crippen LogP contribution >= 0.6 is 0 Å². The van der Waals surface area contributed by atoms with Gasteiger partial charge < -0.3 is 10.2 Å². The summed E-state index contributed by atoms with van der Waals surface area (Å²) in [6.07, 6.45) is 1.08. The molecule has 0 spiro atoms. The standard InChI is InChI=1S/C25H23N3O2/c1-2-18-12-14-20(15-13-18)26-24(29)17-28-23-11-7-6-10-21(23)27-22(16-25(28)30)19-8-4-3-5-9-19/h3-15H,2,16-17H2,1H3,(H,26,29). The Balaban J connectivity index is 1.57. The SMILES string of the molecule is CCc1ccc(NC(=O)CN2C(=O)CC(c3ccccc3)=Nc3ccccc32)cc1. The second-order valence-electron chi connectivity index (χ2n) is 7.17. The van der Waals surface area contributed by atoms with Crippen LogP contribution in [0.4, 0.5) is 17.1 Å². The number of fused-ring (bicyclic) bond motifs is 1. The van der Waals surface area contributed by atoms with Crippen LogP contribution in [0.5, 0.6) is 0 Å². The van der Waals surface area contributed by atoms with Gasteiger partial charge in [0.05, 0.1) is 23.5 Å². The Kier molecular flexibility index (Phi) is 5.70. The van der Waals surface area contributed by atoms with Crippen LogP contribution in [0, 0.1) is 0 Å². The second kappa shape index (κ2) is 8.74. The smallest absolute Gasteiger partial charge is 0.244 e. The lowest BCUT2D eigenvalue weighted by atomic mass is 10.1. The Morgan fingerprint density at radius 3 is 2.40 bits per heavy atom. The van der Waals surface area contributed by atoms with Crippen molar-refractivity contribution in [3.8, 4) is 0 Å². The number of nitrogens with one attached hydrogen (secondary N) is 1. The second-order valence-corrected chi connectivity index (χ2v) is 7.17. The van der Waals surface area contributed by atoms with Crippen molar-refractivity contribution >= 4 is 34.6 Å². The Morgan fingerprint density at radius 2 is 1.67 bits per heavy atom. The monoisotopic (exact) mass is 397 g/mol. The highest BCUT2D eigenvalue weighted by molar-refractivity contribution is 6.18. The Morgan fingerprint density at radius 1 is 0.967 bits per heavy atom. The average molecular weight is 397 g/mol. The van der Waals surface area contributed by atoms with Crippen molar-refractivity contribution < 1.29 is 9.59 Å². The first-order valence-electron chi connectivity index (χ1n) is 10.0. The lowest BCUT2D eigenvalue weighted by Crippen LogP contribution is -2.38. The molecule has 1 aliphatic heterocycles. The van der Waals surface area contributed by atoms with E-state index < -0.39 is 0 Å². The molecule has 5 heteroatoms. The van der Waals surface area contributed by atoms with E-state index in [9.17, 15) is 9.59 Å². The number of carbonyl (C=O) groups is 2. The van der Waals surface area contributed by atoms with Gasteiger partial charge in [-0.3, -0.25) is 14.6 Å². The van der Waals surface area contributed by atoms with Crippen molar-refractivity contribution in [2.75, 3.05) is 16.8 Å². The minimum absolute atomic E-state index is 0.0665. The predicted octanol–water partition coefficient (Wildman–Crippen LogP) is 4.75. The van der Waals surface area contributed by atoms with E-state index >= 15 is 0 Å². The number of hydrogen-bond donors (Lipinski definition) is 1. The zero-order chi connectivity index (χ0) is 20.9. The van der Waals surface area contributed by atoms with Crippen LogP contribution in [-0.2, 0) is 16.0 Å². The molecule has 150 valence electrons. The molecule has 1 aliphatic rings. The molecule has 0 fully saturated rings. The van der Waals surface area contributed by atoms with E-state index in [2.05, 4.69) is 12.2 Å². The molecule has 5 nitrogen and oxygen atoms in total. The quantitative estimate of drug-likeness (QED) is 0.676. The third-order valence-electron chi connectivity index (χ3n) is 5.10. The molecule has 3 aromatic rings. The number of nitrogens with zero attached hydrogens (tertiary/aromatic N) is 2. The lowest BCUT2D eigenvalue weighted by molar-refractivity contribution is -0.120. The molecule has 0 atom stereocenters. The summed E-state index contributed by atoms with van der Waals surface area (Å²) in [6.45, 7) is 2.02. The number of rotatable bonds is 5. The number of para-hydroxylation sites is 2. The Hall–Kier alpha value is -3.73. The maximum Gasteiger partial charge on any atom is 0.244 e. The van der Waals surface area contributed by atoms with Gasteiger partial charge in [0.25, 0.3) is 0 Å². The summed E-state index contributed by atoms with van der Waals surface area (Å²) in [4.78, 5) is 32.1. The number of anilines is 2. The van der Waals surface area contributed by atoms with E-state index in [4.69, 9.17) is 4.99 Å². The average Bonchev–Trinajstić information content (AvgIpc) is 2.91. The fourth-order valence-corrected chi connectivity index (χ4v) is 3.48. The molecule has 0 aromatic heterocycles. The molecular formula is C25H23N3O2. The third-order valence-corrected chi connectivity index (χ3v) is 5.10. The van der Waals surface area contributed by atoms with Gasteiger partial charge in [-0.1, -0.05) is 61.5 Å². The van der Waals surface area contributed by atoms with Crippen LogP contribution in [0.15, 0.2) is 83.9 Å². The van der Waals surface area contributed by atoms with E-state index in [0.29, 0.717) is 22.8 Å². The molecule has 0 bridgehead atoms. The van der Waals surface area contributed by atoms with Crippen LogP contribution in [0.3, 0.4) is 0 Å². The summed E-state index contributed by atoms with van der Waals surface area (Å²) in [5, 5.41) is 2.88. The maximum absolute atomic E-state index is 13.1. The Bertz CT molecular complexity index is 1090. The molecule has 0 saturated carbocycles. The Labute approximate surface area is 176 Å². The van der Waals surface area contributed by atoms with Crippen molar-refractivity contribution in [2.24, 2.45) is 4.99 Å². The minimum atomic E-state index is -0.245. The largest absolute Gasteiger partial charge is 0.325 e. The van der Waals surface area contributed by atoms with Crippen LogP contribution in [0.1, 0.15) is 24.5 Å². The van der Waals surface area contributed by atoms with Crippen molar-refractivity contribution in [3.05, 3.63) is 90.0 Å². The van der Waals surface area contributed by atoms with Crippen molar-refractivity contribution in [1.82, 2.24) is 0 Å². The van der Waals surface area contributed by atoms with E-state index in [-0.39, 0.29) is 24.8 Å². The number of hydrogen-bond acceptors (Lipinski definition) is 3. The van der Waals surface area contributed by atoms with Gasteiger partial charge in [-0.05, 0) is 41.8 Å². The molecule has 2 amide bonds. The van der Waals surface area contributed by atoms with E-state index in [0.717, 1.165) is 12.0 Å². The fraction of sp³-hybridized carbons (Fsp3) is 0.160. The first kappa shape index (κ1) is 19.6. The number of aryl methyl sites for hydroxylation is 1. The van der Waals surface area contributed by atoms with Gasteiger partial charge in [0.1, 0.15) is 6.54 Å². The normalized spacial score (nSPS) is 13.3. The highest BCUT2D eigenvalue weighted by Gasteiger charge is 2.26. The molecule has 4 rings (SSSR count). The predicted molar refractivity (Wildman–Crippen MR) is 121 cm³/mol. The summed E-state index contributed by atoms with van der Waals surface area (Å²) in [6, 6.07) is 24.8. The van der Waals surface area contributed by atoms with Crippen LogP contribution in [0.25, 0.3) is 0 Å². The van der Waals surface area contributed by atoms with Crippen LogP contribution < -0.4 is 10.2 Å². The van der Waals surface area contributed by atoms with Gasteiger partial charge in [0, 0.05) is 5.69 Å². The fourth-order valence-electron chi connectivity index (χ4n) is 3.48. The zero-order valence-corrected chi connectivity index (χ0v) is 16.8. The van der Waals surface area contributed by atoms with Crippen LogP contribution in [0.2, 0.25) is 0 Å². The van der Waals surface area contributed by atoms with Gasteiger partial charge in [-0.2, -0.15) is 0 Å². The van der Waals surface area contributed by atoms with E-state index in [1.165, 1.54) is 10.5 Å².